The van der Waals surface area contributed by atoms with Crippen LogP contribution in [0.4, 0.5) is 14.9 Å². The third-order valence-electron chi connectivity index (χ3n) is 4.12. The average Bonchev–Trinajstić information content (AvgIpc) is 2.60. The normalized spacial score (nSPS) is 16.2. The lowest BCUT2D eigenvalue weighted by Gasteiger charge is -2.38. The molecule has 1 fully saturated rings. The van der Waals surface area contributed by atoms with Gasteiger partial charge in [0.15, 0.2) is 0 Å². The smallest absolute Gasteiger partial charge is 0.321 e. The van der Waals surface area contributed by atoms with Gasteiger partial charge in [0.1, 0.15) is 5.82 Å². The van der Waals surface area contributed by atoms with Gasteiger partial charge >= 0.3 is 6.03 Å². The van der Waals surface area contributed by atoms with Crippen LogP contribution in [0, 0.1) is 17.1 Å². The lowest BCUT2D eigenvalue weighted by molar-refractivity contribution is -0.124. The molecule has 24 heavy (non-hydrogen) atoms. The molecule has 0 unspecified atom stereocenters. The molecule has 7 nitrogen and oxygen atoms in total. The maximum Gasteiger partial charge on any atom is 0.321 e. The number of halogens is 1. The summed E-state index contributed by atoms with van der Waals surface area (Å²) < 4.78 is 14.1. The van der Waals surface area contributed by atoms with Gasteiger partial charge in [-0.2, -0.15) is 5.26 Å². The van der Waals surface area contributed by atoms with Crippen LogP contribution in [0.5, 0.6) is 0 Å². The molecular weight excluding hydrogens is 313 g/mol. The quantitative estimate of drug-likeness (QED) is 0.848. The van der Waals surface area contributed by atoms with Crippen molar-refractivity contribution in [2.24, 2.45) is 0 Å². The second kappa shape index (κ2) is 7.75. The summed E-state index contributed by atoms with van der Waals surface area (Å²) in [4.78, 5) is 27.0. The molecule has 128 valence electrons. The van der Waals surface area contributed by atoms with E-state index in [1.54, 1.807) is 19.1 Å². The number of benzene rings is 1. The Morgan fingerprint density at radius 2 is 1.96 bits per heavy atom. The van der Waals surface area contributed by atoms with E-state index in [1.807, 2.05) is 15.9 Å². The van der Waals surface area contributed by atoms with Crippen LogP contribution in [0.25, 0.3) is 0 Å². The summed E-state index contributed by atoms with van der Waals surface area (Å²) in [5.74, 6) is -0.791. The van der Waals surface area contributed by atoms with Crippen molar-refractivity contribution in [3.05, 3.63) is 29.6 Å². The number of anilines is 1. The first kappa shape index (κ1) is 17.7. The minimum absolute atomic E-state index is 0.286. The molecule has 2 N–H and O–H groups in total. The number of nitriles is 1. The molecule has 1 aromatic carbocycles. The van der Waals surface area contributed by atoms with Crippen molar-refractivity contribution < 1.29 is 14.0 Å². The molecule has 0 aliphatic carbocycles. The molecule has 1 aliphatic rings. The van der Waals surface area contributed by atoms with E-state index in [2.05, 4.69) is 10.6 Å². The van der Waals surface area contributed by atoms with E-state index in [0.717, 1.165) is 0 Å². The Bertz CT molecular complexity index is 665. The van der Waals surface area contributed by atoms with Gasteiger partial charge in [-0.05, 0) is 25.1 Å². The first-order valence-electron chi connectivity index (χ1n) is 7.67. The maximum atomic E-state index is 14.1. The summed E-state index contributed by atoms with van der Waals surface area (Å²) in [6.07, 6.45) is 0. The molecule has 1 aliphatic heterocycles. The molecule has 0 spiro atoms. The summed E-state index contributed by atoms with van der Waals surface area (Å²) in [6, 6.07) is 5.34. The molecule has 3 amide bonds. The summed E-state index contributed by atoms with van der Waals surface area (Å²) >= 11 is 0. The zero-order valence-electron chi connectivity index (χ0n) is 13.7. The molecule has 8 heteroatoms. The van der Waals surface area contributed by atoms with Crippen LogP contribution in [-0.4, -0.2) is 56.1 Å². The van der Waals surface area contributed by atoms with Gasteiger partial charge in [-0.3, -0.25) is 15.0 Å². The third kappa shape index (κ3) is 4.00. The topological polar surface area (TPSA) is 88.5 Å². The average molecular weight is 333 g/mol. The number of nitrogens with one attached hydrogen (secondary N) is 2. The van der Waals surface area contributed by atoms with Crippen LogP contribution < -0.4 is 15.5 Å². The Balaban J connectivity index is 1.95. The van der Waals surface area contributed by atoms with Crippen LogP contribution in [-0.2, 0) is 4.79 Å². The molecular formula is C16H20FN5O2. The summed E-state index contributed by atoms with van der Waals surface area (Å²) in [5.41, 5.74) is 0.741. The summed E-state index contributed by atoms with van der Waals surface area (Å²) in [7, 11) is 1.44. The van der Waals surface area contributed by atoms with Crippen molar-refractivity contribution in [3.8, 4) is 6.07 Å². The Morgan fingerprint density at radius 1 is 1.29 bits per heavy atom. The van der Waals surface area contributed by atoms with Gasteiger partial charge in [0, 0.05) is 33.2 Å². The minimum atomic E-state index is -0.537. The Labute approximate surface area is 140 Å². The van der Waals surface area contributed by atoms with Gasteiger partial charge in [-0.25, -0.2) is 9.18 Å². The third-order valence-corrected chi connectivity index (χ3v) is 4.12. The predicted molar refractivity (Wildman–Crippen MR) is 87.0 cm³/mol. The lowest BCUT2D eigenvalue weighted by atomic mass is 10.1. The van der Waals surface area contributed by atoms with Crippen molar-refractivity contribution in [1.29, 1.82) is 5.26 Å². The fourth-order valence-electron chi connectivity index (χ4n) is 2.63. The summed E-state index contributed by atoms with van der Waals surface area (Å²) in [6.45, 7) is 3.99. The SMILES string of the molecule is CNC(=O)NC(=O)[C@H](C)N1CCN(c2ccc(C#N)cc2F)CC1. The minimum Gasteiger partial charge on any atom is -0.367 e. The Morgan fingerprint density at radius 3 is 2.50 bits per heavy atom. The van der Waals surface area contributed by atoms with Gasteiger partial charge in [-0.15, -0.1) is 0 Å². The standard InChI is InChI=1S/C16H20FN5O2/c1-11(15(23)20-16(24)19-2)21-5-7-22(8-6-21)14-4-3-12(10-18)9-13(14)17/h3-4,9,11H,5-8H2,1-2H3,(H2,19,20,23,24)/t11-/m0/s1. The Hall–Kier alpha value is -2.66. The highest BCUT2D eigenvalue weighted by molar-refractivity contribution is 5.96. The van der Waals surface area contributed by atoms with E-state index >= 15 is 0 Å². The zero-order chi connectivity index (χ0) is 17.7. The number of imide groups is 1. The highest BCUT2D eigenvalue weighted by atomic mass is 19.1. The number of rotatable bonds is 3. The molecule has 0 radical (unpaired) electrons. The fraction of sp³-hybridized carbons (Fsp3) is 0.438. The molecule has 0 aromatic heterocycles. The number of carbonyl (C=O) groups is 2. The monoisotopic (exact) mass is 333 g/mol. The van der Waals surface area contributed by atoms with Crippen molar-refractivity contribution in [3.63, 3.8) is 0 Å². The second-order valence-electron chi connectivity index (χ2n) is 5.55. The maximum absolute atomic E-state index is 14.1. The van der Waals surface area contributed by atoms with E-state index in [0.29, 0.717) is 31.9 Å². The first-order valence-corrected chi connectivity index (χ1v) is 7.67. The van der Waals surface area contributed by atoms with Crippen molar-refractivity contribution in [1.82, 2.24) is 15.5 Å². The van der Waals surface area contributed by atoms with Gasteiger partial charge < -0.3 is 10.2 Å². The molecule has 1 heterocycles. The number of nitrogens with zero attached hydrogens (tertiary/aromatic N) is 3. The van der Waals surface area contributed by atoms with Crippen molar-refractivity contribution >= 4 is 17.6 Å². The number of hydrogen-bond donors (Lipinski definition) is 2. The second-order valence-corrected chi connectivity index (χ2v) is 5.55. The van der Waals surface area contributed by atoms with E-state index in [4.69, 9.17) is 5.26 Å². The number of amides is 3. The lowest BCUT2D eigenvalue weighted by Crippen LogP contribution is -2.55. The van der Waals surface area contributed by atoms with Crippen LogP contribution >= 0.6 is 0 Å². The van der Waals surface area contributed by atoms with E-state index in [-0.39, 0.29) is 11.5 Å². The van der Waals surface area contributed by atoms with Crippen molar-refractivity contribution in [2.45, 2.75) is 13.0 Å². The molecule has 1 aromatic rings. The largest absolute Gasteiger partial charge is 0.367 e. The molecule has 2 rings (SSSR count). The van der Waals surface area contributed by atoms with E-state index in [1.165, 1.54) is 13.1 Å². The van der Waals surface area contributed by atoms with Gasteiger partial charge in [0.2, 0.25) is 5.91 Å². The highest BCUT2D eigenvalue weighted by Crippen LogP contribution is 2.22. The van der Waals surface area contributed by atoms with E-state index < -0.39 is 17.9 Å². The molecule has 1 atom stereocenters. The van der Waals surface area contributed by atoms with Crippen LogP contribution in [0.2, 0.25) is 0 Å². The number of carbonyl (C=O) groups excluding carboxylic acids is 2. The number of piperazine rings is 1. The van der Waals surface area contributed by atoms with Gasteiger partial charge in [0.05, 0.1) is 23.4 Å². The number of urea groups is 1. The number of hydrogen-bond acceptors (Lipinski definition) is 5. The molecule has 1 saturated heterocycles. The zero-order valence-corrected chi connectivity index (χ0v) is 13.7. The molecule has 0 saturated carbocycles. The van der Waals surface area contributed by atoms with Crippen LogP contribution in [0.1, 0.15) is 12.5 Å². The van der Waals surface area contributed by atoms with Crippen molar-refractivity contribution in [2.75, 3.05) is 38.1 Å². The first-order chi connectivity index (χ1) is 11.5. The highest BCUT2D eigenvalue weighted by Gasteiger charge is 2.27. The predicted octanol–water partition coefficient (Wildman–Crippen LogP) is 0.663. The van der Waals surface area contributed by atoms with Gasteiger partial charge in [-0.1, -0.05) is 0 Å². The fourth-order valence-corrected chi connectivity index (χ4v) is 2.63. The summed E-state index contributed by atoms with van der Waals surface area (Å²) in [5, 5.41) is 13.4. The van der Waals surface area contributed by atoms with Gasteiger partial charge in [0.25, 0.3) is 0 Å². The van der Waals surface area contributed by atoms with Crippen LogP contribution in [0.15, 0.2) is 18.2 Å². The van der Waals surface area contributed by atoms with E-state index in [9.17, 15) is 14.0 Å². The molecule has 0 bridgehead atoms. The van der Waals surface area contributed by atoms with Crippen LogP contribution in [0.3, 0.4) is 0 Å². The Kier molecular flexibility index (Phi) is 5.71.